The van der Waals surface area contributed by atoms with Crippen LogP contribution in [0.3, 0.4) is 0 Å². The predicted octanol–water partition coefficient (Wildman–Crippen LogP) is 2.50. The van der Waals surface area contributed by atoms with E-state index in [0.29, 0.717) is 5.69 Å². The van der Waals surface area contributed by atoms with Gasteiger partial charge in [0.05, 0.1) is 12.8 Å². The average molecular weight is 329 g/mol. The highest BCUT2D eigenvalue weighted by Gasteiger charge is 2.28. The first-order valence-electron chi connectivity index (χ1n) is 5.78. The van der Waals surface area contributed by atoms with Crippen molar-refractivity contribution < 1.29 is 22.3 Å². The summed E-state index contributed by atoms with van der Waals surface area (Å²) in [5.74, 6) is -1.17. The quantitative estimate of drug-likeness (QED) is 0.809. The monoisotopic (exact) mass is 329 g/mol. The van der Waals surface area contributed by atoms with Gasteiger partial charge in [-0.15, -0.1) is 11.3 Å². The lowest BCUT2D eigenvalue weighted by atomic mass is 10.3. The van der Waals surface area contributed by atoms with Gasteiger partial charge in [0.15, 0.2) is 0 Å². The minimum atomic E-state index is -3.93. The summed E-state index contributed by atoms with van der Waals surface area (Å²) in [6.45, 7) is 0. The molecule has 0 aliphatic heterocycles. The second kappa shape index (κ2) is 5.82. The second-order valence-corrected chi connectivity index (χ2v) is 6.91. The Kier molecular flexibility index (Phi) is 4.29. The molecular weight excluding hydrogens is 317 g/mol. The maximum Gasteiger partial charge on any atom is 0.349 e. The van der Waals surface area contributed by atoms with Gasteiger partial charge in [0.2, 0.25) is 0 Å². The van der Waals surface area contributed by atoms with Crippen molar-refractivity contribution in [3.8, 4) is 0 Å². The van der Waals surface area contributed by atoms with E-state index in [1.165, 1.54) is 37.7 Å². The maximum absolute atomic E-state index is 12.9. The molecule has 0 unspecified atom stereocenters. The van der Waals surface area contributed by atoms with Crippen molar-refractivity contribution in [3.05, 3.63) is 46.4 Å². The summed E-state index contributed by atoms with van der Waals surface area (Å²) in [5.41, 5.74) is 0.290. The molecule has 0 fully saturated rings. The lowest BCUT2D eigenvalue weighted by molar-refractivity contribution is 0.0602. The zero-order valence-electron chi connectivity index (χ0n) is 11.2. The van der Waals surface area contributed by atoms with E-state index in [9.17, 15) is 17.6 Å². The van der Waals surface area contributed by atoms with Gasteiger partial charge < -0.3 is 4.74 Å². The number of ether oxygens (including phenoxy) is 1. The van der Waals surface area contributed by atoms with Crippen LogP contribution in [0, 0.1) is 5.82 Å². The highest BCUT2D eigenvalue weighted by molar-refractivity contribution is 7.93. The van der Waals surface area contributed by atoms with E-state index in [-0.39, 0.29) is 9.77 Å². The predicted molar refractivity (Wildman–Crippen MR) is 77.6 cm³/mol. The Hall–Kier alpha value is -1.93. The highest BCUT2D eigenvalue weighted by atomic mass is 32.2. The average Bonchev–Trinajstić information content (AvgIpc) is 2.96. The third-order valence-electron chi connectivity index (χ3n) is 2.83. The number of anilines is 1. The summed E-state index contributed by atoms with van der Waals surface area (Å²) in [7, 11) is -1.41. The van der Waals surface area contributed by atoms with Crippen LogP contribution >= 0.6 is 11.3 Å². The molecule has 0 bridgehead atoms. The summed E-state index contributed by atoms with van der Waals surface area (Å²) in [6.07, 6.45) is 0. The fourth-order valence-corrected chi connectivity index (χ4v) is 4.18. The summed E-state index contributed by atoms with van der Waals surface area (Å²) in [6, 6.07) is 6.35. The van der Waals surface area contributed by atoms with E-state index in [4.69, 9.17) is 0 Å². The van der Waals surface area contributed by atoms with E-state index >= 15 is 0 Å². The molecule has 0 radical (unpaired) electrons. The lowest BCUT2D eigenvalue weighted by Gasteiger charge is -2.19. The molecule has 0 N–H and O–H groups in total. The standard InChI is InChI=1S/C13H12FNO4S2/c1-15(10-5-3-9(14)4-6-10)21(17,18)11-7-8-20-12(11)13(16)19-2/h3-8H,1-2H3. The molecular formula is C13H12FNO4S2. The van der Waals surface area contributed by atoms with Crippen LogP contribution in [-0.2, 0) is 14.8 Å². The second-order valence-electron chi connectivity index (χ2n) is 4.05. The minimum Gasteiger partial charge on any atom is -0.465 e. The van der Waals surface area contributed by atoms with Crippen molar-refractivity contribution in [2.75, 3.05) is 18.5 Å². The first-order chi connectivity index (χ1) is 9.87. The van der Waals surface area contributed by atoms with Crippen molar-refractivity contribution in [3.63, 3.8) is 0 Å². The number of halogens is 1. The van der Waals surface area contributed by atoms with Gasteiger partial charge >= 0.3 is 5.97 Å². The molecule has 1 heterocycles. The van der Waals surface area contributed by atoms with Crippen LogP contribution < -0.4 is 4.31 Å². The molecule has 112 valence electrons. The van der Waals surface area contributed by atoms with E-state index in [1.807, 2.05) is 0 Å². The van der Waals surface area contributed by atoms with Crippen LogP contribution in [-0.4, -0.2) is 28.5 Å². The van der Waals surface area contributed by atoms with Gasteiger partial charge in [0.1, 0.15) is 15.6 Å². The van der Waals surface area contributed by atoms with Gasteiger partial charge in [-0.1, -0.05) is 0 Å². The third kappa shape index (κ3) is 2.91. The molecule has 0 amide bonds. The largest absolute Gasteiger partial charge is 0.465 e. The molecule has 0 aliphatic carbocycles. The number of thiophene rings is 1. The summed E-state index contributed by atoms with van der Waals surface area (Å²) in [5, 5.41) is 1.50. The zero-order valence-corrected chi connectivity index (χ0v) is 12.9. The molecule has 0 atom stereocenters. The topological polar surface area (TPSA) is 63.7 Å². The van der Waals surface area contributed by atoms with Crippen molar-refractivity contribution >= 4 is 33.0 Å². The van der Waals surface area contributed by atoms with E-state index in [2.05, 4.69) is 4.74 Å². The van der Waals surface area contributed by atoms with E-state index in [1.54, 1.807) is 0 Å². The van der Waals surface area contributed by atoms with Crippen LogP contribution in [0.1, 0.15) is 9.67 Å². The number of carbonyl (C=O) groups is 1. The number of esters is 1. The van der Waals surface area contributed by atoms with Gasteiger partial charge in [-0.25, -0.2) is 17.6 Å². The first-order valence-corrected chi connectivity index (χ1v) is 8.10. The number of benzene rings is 1. The molecule has 0 saturated carbocycles. The molecule has 5 nitrogen and oxygen atoms in total. The molecule has 8 heteroatoms. The van der Waals surface area contributed by atoms with Gasteiger partial charge in [0.25, 0.3) is 10.0 Å². The van der Waals surface area contributed by atoms with Crippen LogP contribution in [0.2, 0.25) is 0 Å². The number of rotatable bonds is 4. The molecule has 2 aromatic rings. The van der Waals surface area contributed by atoms with Crippen LogP contribution in [0.25, 0.3) is 0 Å². The summed E-state index contributed by atoms with van der Waals surface area (Å²) >= 11 is 0.984. The van der Waals surface area contributed by atoms with Crippen LogP contribution in [0.4, 0.5) is 10.1 Å². The Bertz CT molecular complexity index is 753. The summed E-state index contributed by atoms with van der Waals surface area (Å²) in [4.78, 5) is 11.5. The highest BCUT2D eigenvalue weighted by Crippen LogP contribution is 2.28. The molecule has 0 aliphatic rings. The minimum absolute atomic E-state index is 0.00598. The van der Waals surface area contributed by atoms with Gasteiger partial charge in [0, 0.05) is 7.05 Å². The molecule has 21 heavy (non-hydrogen) atoms. The van der Waals surface area contributed by atoms with Crippen molar-refractivity contribution in [2.24, 2.45) is 0 Å². The number of carbonyl (C=O) groups excluding carboxylic acids is 1. The van der Waals surface area contributed by atoms with Gasteiger partial charge in [-0.2, -0.15) is 0 Å². The number of sulfonamides is 1. The number of hydrogen-bond acceptors (Lipinski definition) is 5. The third-order valence-corrected chi connectivity index (χ3v) is 5.68. The molecule has 2 rings (SSSR count). The molecule has 1 aromatic heterocycles. The Balaban J connectivity index is 2.45. The van der Waals surface area contributed by atoms with Crippen molar-refractivity contribution in [2.45, 2.75) is 4.90 Å². The van der Waals surface area contributed by atoms with Crippen LogP contribution in [0.15, 0.2) is 40.6 Å². The van der Waals surface area contributed by atoms with Gasteiger partial charge in [-0.3, -0.25) is 4.31 Å². The lowest BCUT2D eigenvalue weighted by Crippen LogP contribution is -2.27. The normalized spacial score (nSPS) is 11.2. The summed E-state index contributed by atoms with van der Waals surface area (Å²) < 4.78 is 43.6. The number of nitrogens with zero attached hydrogens (tertiary/aromatic N) is 1. The molecule has 0 saturated heterocycles. The maximum atomic E-state index is 12.9. The van der Waals surface area contributed by atoms with Crippen LogP contribution in [0.5, 0.6) is 0 Å². The zero-order chi connectivity index (χ0) is 15.6. The molecule has 0 spiro atoms. The Morgan fingerprint density at radius 2 is 1.86 bits per heavy atom. The Morgan fingerprint density at radius 3 is 2.43 bits per heavy atom. The smallest absolute Gasteiger partial charge is 0.349 e. The fourth-order valence-electron chi connectivity index (χ4n) is 1.68. The van der Waals surface area contributed by atoms with E-state index in [0.717, 1.165) is 27.8 Å². The number of methoxy groups -OCH3 is 1. The van der Waals surface area contributed by atoms with E-state index < -0.39 is 21.8 Å². The fraction of sp³-hybridized carbons (Fsp3) is 0.154. The van der Waals surface area contributed by atoms with Gasteiger partial charge in [-0.05, 0) is 35.7 Å². The Morgan fingerprint density at radius 1 is 1.24 bits per heavy atom. The Labute approximate surface area is 125 Å². The SMILES string of the molecule is COC(=O)c1sccc1S(=O)(=O)N(C)c1ccc(F)cc1. The van der Waals surface area contributed by atoms with Crippen molar-refractivity contribution in [1.82, 2.24) is 0 Å². The number of hydrogen-bond donors (Lipinski definition) is 0. The van der Waals surface area contributed by atoms with Crippen molar-refractivity contribution in [1.29, 1.82) is 0 Å². The molecule has 1 aromatic carbocycles. The first kappa shape index (κ1) is 15.5.